The molecule has 0 bridgehead atoms. The summed E-state index contributed by atoms with van der Waals surface area (Å²) in [5.41, 5.74) is 1.49. The summed E-state index contributed by atoms with van der Waals surface area (Å²) < 4.78 is 0. The fraction of sp³-hybridized carbons (Fsp3) is 0.538. The molecule has 0 N–H and O–H groups in total. The number of rotatable bonds is 2. The Bertz CT molecular complexity index is 365. The molecule has 0 fully saturated rings. The summed E-state index contributed by atoms with van der Waals surface area (Å²) in [4.78, 5) is 0. The molecule has 0 radical (unpaired) electrons. The fourth-order valence-corrected chi connectivity index (χ4v) is 1.75. The Labute approximate surface area is 97.2 Å². The molecule has 1 heterocycles. The van der Waals surface area contributed by atoms with Gasteiger partial charge in [0.1, 0.15) is 0 Å². The van der Waals surface area contributed by atoms with Crippen LogP contribution in [-0.4, -0.2) is 17.6 Å². The maximum absolute atomic E-state index is 4.34. The standard InChI is InChI=1S/C13H19N3/c1-13(2,3)12-10-16(15-14-12)9-11-7-5-4-6-8-11/h4-8,12H,9-10H2,1-3H3. The van der Waals surface area contributed by atoms with E-state index in [0.29, 0.717) is 6.04 Å². The topological polar surface area (TPSA) is 28.0 Å². The van der Waals surface area contributed by atoms with Crippen molar-refractivity contribution in [2.24, 2.45) is 15.8 Å². The Hall–Kier alpha value is -1.38. The quantitative estimate of drug-likeness (QED) is 0.747. The Morgan fingerprint density at radius 2 is 1.94 bits per heavy atom. The molecule has 0 saturated heterocycles. The van der Waals surface area contributed by atoms with Gasteiger partial charge in [-0.1, -0.05) is 56.3 Å². The van der Waals surface area contributed by atoms with Crippen molar-refractivity contribution in [3.63, 3.8) is 0 Å². The average molecular weight is 217 g/mol. The summed E-state index contributed by atoms with van der Waals surface area (Å²) in [5.74, 6) is 0. The van der Waals surface area contributed by atoms with E-state index in [-0.39, 0.29) is 5.41 Å². The highest BCUT2D eigenvalue weighted by Gasteiger charge is 2.30. The van der Waals surface area contributed by atoms with Crippen molar-refractivity contribution in [1.29, 1.82) is 0 Å². The van der Waals surface area contributed by atoms with Crippen molar-refractivity contribution in [1.82, 2.24) is 5.01 Å². The van der Waals surface area contributed by atoms with E-state index in [4.69, 9.17) is 0 Å². The van der Waals surface area contributed by atoms with Crippen molar-refractivity contribution in [2.75, 3.05) is 6.54 Å². The lowest BCUT2D eigenvalue weighted by molar-refractivity contribution is 0.253. The van der Waals surface area contributed by atoms with Crippen molar-refractivity contribution >= 4 is 0 Å². The molecule has 0 aliphatic carbocycles. The molecule has 86 valence electrons. The predicted molar refractivity (Wildman–Crippen MR) is 65.0 cm³/mol. The second-order valence-corrected chi connectivity index (χ2v) is 5.42. The maximum atomic E-state index is 4.34. The average Bonchev–Trinajstić information content (AvgIpc) is 2.67. The van der Waals surface area contributed by atoms with Gasteiger partial charge in [0, 0.05) is 0 Å². The molecule has 1 aliphatic rings. The van der Waals surface area contributed by atoms with Gasteiger partial charge in [-0.3, -0.25) is 5.01 Å². The summed E-state index contributed by atoms with van der Waals surface area (Å²) in [6, 6.07) is 10.7. The van der Waals surface area contributed by atoms with Crippen molar-refractivity contribution in [2.45, 2.75) is 33.4 Å². The zero-order valence-corrected chi connectivity index (χ0v) is 10.2. The highest BCUT2D eigenvalue weighted by molar-refractivity contribution is 5.14. The van der Waals surface area contributed by atoms with Crippen LogP contribution in [-0.2, 0) is 6.54 Å². The van der Waals surface area contributed by atoms with Crippen LogP contribution in [0.5, 0.6) is 0 Å². The highest BCUT2D eigenvalue weighted by Crippen LogP contribution is 2.27. The predicted octanol–water partition coefficient (Wildman–Crippen LogP) is 3.28. The molecule has 0 aromatic heterocycles. The largest absolute Gasteiger partial charge is 0.272 e. The van der Waals surface area contributed by atoms with Gasteiger partial charge in [0.2, 0.25) is 0 Å². The molecular formula is C13H19N3. The zero-order chi connectivity index (χ0) is 11.6. The van der Waals surface area contributed by atoms with Gasteiger partial charge < -0.3 is 0 Å². The summed E-state index contributed by atoms with van der Waals surface area (Å²) in [6.45, 7) is 8.42. The van der Waals surface area contributed by atoms with E-state index < -0.39 is 0 Å². The normalized spacial score (nSPS) is 20.4. The third-order valence-corrected chi connectivity index (χ3v) is 2.91. The minimum atomic E-state index is 0.203. The third-order valence-electron chi connectivity index (χ3n) is 2.91. The highest BCUT2D eigenvalue weighted by atomic mass is 15.6. The molecule has 0 amide bonds. The van der Waals surface area contributed by atoms with Gasteiger partial charge in [0.25, 0.3) is 0 Å². The van der Waals surface area contributed by atoms with Crippen LogP contribution in [0.2, 0.25) is 0 Å². The first-order valence-electron chi connectivity index (χ1n) is 5.75. The van der Waals surface area contributed by atoms with E-state index in [0.717, 1.165) is 13.1 Å². The lowest BCUT2D eigenvalue weighted by atomic mass is 9.87. The van der Waals surface area contributed by atoms with E-state index in [9.17, 15) is 0 Å². The van der Waals surface area contributed by atoms with Gasteiger partial charge in [-0.2, -0.15) is 5.11 Å². The zero-order valence-electron chi connectivity index (χ0n) is 10.2. The van der Waals surface area contributed by atoms with Crippen molar-refractivity contribution in [3.05, 3.63) is 35.9 Å². The van der Waals surface area contributed by atoms with Crippen LogP contribution in [0.1, 0.15) is 26.3 Å². The molecule has 16 heavy (non-hydrogen) atoms. The van der Waals surface area contributed by atoms with E-state index in [1.807, 2.05) is 11.1 Å². The second kappa shape index (κ2) is 4.24. The Morgan fingerprint density at radius 3 is 2.50 bits per heavy atom. The van der Waals surface area contributed by atoms with Gasteiger partial charge in [0.05, 0.1) is 19.1 Å². The number of benzene rings is 1. The Kier molecular flexibility index (Phi) is 2.95. The van der Waals surface area contributed by atoms with E-state index in [1.54, 1.807) is 0 Å². The molecule has 1 aromatic carbocycles. The van der Waals surface area contributed by atoms with Gasteiger partial charge in [-0.25, -0.2) is 0 Å². The van der Waals surface area contributed by atoms with Crippen LogP contribution in [0.15, 0.2) is 40.7 Å². The van der Waals surface area contributed by atoms with Crippen LogP contribution < -0.4 is 0 Å². The van der Waals surface area contributed by atoms with E-state index in [1.165, 1.54) is 5.56 Å². The summed E-state index contributed by atoms with van der Waals surface area (Å²) >= 11 is 0. The van der Waals surface area contributed by atoms with Gasteiger partial charge in [-0.05, 0) is 11.0 Å². The number of hydrogen-bond acceptors (Lipinski definition) is 3. The van der Waals surface area contributed by atoms with Crippen LogP contribution in [0.3, 0.4) is 0 Å². The third kappa shape index (κ3) is 2.60. The first-order chi connectivity index (χ1) is 7.55. The van der Waals surface area contributed by atoms with Crippen LogP contribution in [0, 0.1) is 5.41 Å². The van der Waals surface area contributed by atoms with Crippen LogP contribution in [0.25, 0.3) is 0 Å². The lowest BCUT2D eigenvalue weighted by Crippen LogP contribution is -2.30. The van der Waals surface area contributed by atoms with Crippen LogP contribution >= 0.6 is 0 Å². The lowest BCUT2D eigenvalue weighted by Gasteiger charge is -2.23. The first-order valence-corrected chi connectivity index (χ1v) is 5.75. The molecule has 3 nitrogen and oxygen atoms in total. The SMILES string of the molecule is CC(C)(C)C1CN(Cc2ccccc2)N=N1. The fourth-order valence-electron chi connectivity index (χ4n) is 1.75. The minimum absolute atomic E-state index is 0.203. The van der Waals surface area contributed by atoms with E-state index in [2.05, 4.69) is 55.4 Å². The molecule has 1 atom stereocenters. The molecule has 3 heteroatoms. The Balaban J connectivity index is 1.94. The molecule has 1 aromatic rings. The van der Waals surface area contributed by atoms with Crippen LogP contribution in [0.4, 0.5) is 0 Å². The molecule has 0 spiro atoms. The van der Waals surface area contributed by atoms with E-state index >= 15 is 0 Å². The second-order valence-electron chi connectivity index (χ2n) is 5.42. The number of nitrogens with zero attached hydrogens (tertiary/aromatic N) is 3. The van der Waals surface area contributed by atoms with Gasteiger partial charge in [0.15, 0.2) is 0 Å². The van der Waals surface area contributed by atoms with Gasteiger partial charge >= 0.3 is 0 Å². The molecular weight excluding hydrogens is 198 g/mol. The van der Waals surface area contributed by atoms with Crippen molar-refractivity contribution < 1.29 is 0 Å². The molecule has 0 saturated carbocycles. The number of hydrogen-bond donors (Lipinski definition) is 0. The maximum Gasteiger partial charge on any atom is 0.0969 e. The summed E-state index contributed by atoms with van der Waals surface area (Å²) in [7, 11) is 0. The first kappa shape index (κ1) is 11.1. The molecule has 1 aliphatic heterocycles. The molecule has 2 rings (SSSR count). The monoisotopic (exact) mass is 217 g/mol. The minimum Gasteiger partial charge on any atom is -0.272 e. The summed E-state index contributed by atoms with van der Waals surface area (Å²) in [6.07, 6.45) is 0. The van der Waals surface area contributed by atoms with Gasteiger partial charge in [-0.15, -0.1) is 0 Å². The summed E-state index contributed by atoms with van der Waals surface area (Å²) in [5, 5.41) is 10.6. The smallest absolute Gasteiger partial charge is 0.0969 e. The Morgan fingerprint density at radius 1 is 1.25 bits per heavy atom. The molecule has 1 unspecified atom stereocenters. The van der Waals surface area contributed by atoms with Crippen molar-refractivity contribution in [3.8, 4) is 0 Å².